The third-order valence-corrected chi connectivity index (χ3v) is 8.74. The van der Waals surface area contributed by atoms with Crippen molar-refractivity contribution in [3.05, 3.63) is 40.5 Å². The van der Waals surface area contributed by atoms with Crippen LogP contribution in [0.5, 0.6) is 0 Å². The second-order valence-corrected chi connectivity index (χ2v) is 12.3. The molecule has 228 valence electrons. The van der Waals surface area contributed by atoms with Crippen LogP contribution < -0.4 is 16.0 Å². The summed E-state index contributed by atoms with van der Waals surface area (Å²) in [7, 11) is 1.43. The number of nitrogens with one attached hydrogen (secondary N) is 3. The maximum atomic E-state index is 14.3. The standard InChI is InChI=1S/C28H37F2N7O4S/c1-17(2)37-21(9-10-33-37)26(40)35-25(19-7-5-18(3)6-8-19)20(12-38)34-27-31-11-23(42-27)22(14-41-4)36-16-28(29,30)15-32-24(36)13-39/h9-11,17-19,22,25,32H,5-8,14-16H2,1-4H3,(H,31,34)(H,35,40)/t18-,19-,22?,25-/m0/s1. The molecule has 1 aliphatic carbocycles. The molecular formula is C28H37F2N7O4S. The summed E-state index contributed by atoms with van der Waals surface area (Å²) in [5.41, 5.74) is 0.511. The zero-order chi connectivity index (χ0) is 30.4. The Kier molecular flexibility index (Phi) is 10.2. The zero-order valence-electron chi connectivity index (χ0n) is 24.2. The van der Waals surface area contributed by atoms with Crippen LogP contribution in [0.1, 0.15) is 73.9 Å². The number of carbonyl (C=O) groups is 1. The van der Waals surface area contributed by atoms with Crippen molar-refractivity contribution in [2.45, 2.75) is 70.5 Å². The summed E-state index contributed by atoms with van der Waals surface area (Å²) < 4.78 is 35.5. The van der Waals surface area contributed by atoms with Crippen LogP contribution in [-0.2, 0) is 14.3 Å². The average Bonchev–Trinajstić information content (AvgIpc) is 3.64. The van der Waals surface area contributed by atoms with E-state index in [-0.39, 0.29) is 36.0 Å². The molecule has 1 aliphatic heterocycles. The first-order valence-corrected chi connectivity index (χ1v) is 14.8. The summed E-state index contributed by atoms with van der Waals surface area (Å²) >= 11 is 1.13. The van der Waals surface area contributed by atoms with Gasteiger partial charge >= 0.3 is 0 Å². The first-order chi connectivity index (χ1) is 20.1. The molecule has 1 saturated carbocycles. The van der Waals surface area contributed by atoms with Gasteiger partial charge in [-0.3, -0.25) is 9.48 Å². The van der Waals surface area contributed by atoms with E-state index in [1.165, 1.54) is 18.2 Å². The van der Waals surface area contributed by atoms with Crippen LogP contribution in [0.25, 0.3) is 0 Å². The lowest BCUT2D eigenvalue weighted by Crippen LogP contribution is -2.53. The van der Waals surface area contributed by atoms with Crippen molar-refractivity contribution in [1.29, 1.82) is 0 Å². The van der Waals surface area contributed by atoms with Gasteiger partial charge in [0.25, 0.3) is 11.8 Å². The van der Waals surface area contributed by atoms with Gasteiger partial charge in [-0.2, -0.15) is 5.10 Å². The van der Waals surface area contributed by atoms with Gasteiger partial charge in [-0.05, 0) is 44.6 Å². The average molecular weight is 606 g/mol. The lowest BCUT2D eigenvalue weighted by molar-refractivity contribution is -0.0589. The smallest absolute Gasteiger partial charge is 0.282 e. The largest absolute Gasteiger partial charge is 0.382 e. The summed E-state index contributed by atoms with van der Waals surface area (Å²) in [4.78, 5) is 43.4. The molecule has 3 heterocycles. The van der Waals surface area contributed by atoms with Crippen LogP contribution in [0.3, 0.4) is 0 Å². The van der Waals surface area contributed by atoms with E-state index < -0.39 is 31.1 Å². The maximum absolute atomic E-state index is 14.3. The number of aromatic nitrogens is 3. The van der Waals surface area contributed by atoms with Crippen LogP contribution in [0.15, 0.2) is 30.0 Å². The third-order valence-electron chi connectivity index (χ3n) is 7.73. The molecule has 1 saturated heterocycles. The minimum atomic E-state index is -3.07. The molecule has 0 aromatic carbocycles. The predicted molar refractivity (Wildman–Crippen MR) is 153 cm³/mol. The van der Waals surface area contributed by atoms with Gasteiger partial charge in [0, 0.05) is 25.5 Å². The fourth-order valence-corrected chi connectivity index (χ4v) is 6.42. The van der Waals surface area contributed by atoms with Crippen LogP contribution >= 0.6 is 11.3 Å². The van der Waals surface area contributed by atoms with E-state index in [9.17, 15) is 23.2 Å². The van der Waals surface area contributed by atoms with Crippen LogP contribution in [0.4, 0.5) is 13.9 Å². The summed E-state index contributed by atoms with van der Waals surface area (Å²) in [5, 5.41) is 13.1. The molecule has 1 unspecified atom stereocenters. The highest BCUT2D eigenvalue weighted by atomic mass is 32.1. The third kappa shape index (κ3) is 7.25. The summed E-state index contributed by atoms with van der Waals surface area (Å²) in [5.74, 6) is 0.721. The number of methoxy groups -OCH3 is 1. The van der Waals surface area contributed by atoms with E-state index in [1.54, 1.807) is 22.9 Å². The van der Waals surface area contributed by atoms with E-state index in [2.05, 4.69) is 33.0 Å². The van der Waals surface area contributed by atoms with Crippen molar-refractivity contribution in [1.82, 2.24) is 30.3 Å². The van der Waals surface area contributed by atoms with Gasteiger partial charge in [-0.15, -0.1) is 0 Å². The Bertz CT molecular complexity index is 1340. The van der Waals surface area contributed by atoms with Crippen molar-refractivity contribution >= 4 is 34.3 Å². The molecule has 0 spiro atoms. The molecule has 2 atom stereocenters. The van der Waals surface area contributed by atoms with Crippen LogP contribution in [0.2, 0.25) is 0 Å². The quantitative estimate of drug-likeness (QED) is 0.329. The summed E-state index contributed by atoms with van der Waals surface area (Å²) in [6.07, 6.45) is 6.62. The second-order valence-electron chi connectivity index (χ2n) is 11.2. The molecule has 3 N–H and O–H groups in total. The summed E-state index contributed by atoms with van der Waals surface area (Å²) in [6.45, 7) is 4.68. The molecule has 2 aliphatic rings. The van der Waals surface area contributed by atoms with Gasteiger partial charge < -0.3 is 25.6 Å². The first-order valence-electron chi connectivity index (χ1n) is 14.0. The number of hydrogen-bond donors (Lipinski definition) is 3. The molecule has 0 radical (unpaired) electrons. The van der Waals surface area contributed by atoms with Crippen LogP contribution in [-0.4, -0.2) is 76.2 Å². The number of rotatable bonds is 11. The molecule has 2 aromatic heterocycles. The van der Waals surface area contributed by atoms with Gasteiger partial charge in [0.05, 0.1) is 36.7 Å². The Morgan fingerprint density at radius 2 is 2.02 bits per heavy atom. The van der Waals surface area contributed by atoms with Gasteiger partial charge in [-0.25, -0.2) is 23.4 Å². The molecule has 42 heavy (non-hydrogen) atoms. The Morgan fingerprint density at radius 1 is 1.29 bits per heavy atom. The Morgan fingerprint density at radius 3 is 2.67 bits per heavy atom. The van der Waals surface area contributed by atoms with Gasteiger partial charge in [-0.1, -0.05) is 31.1 Å². The number of amides is 1. The van der Waals surface area contributed by atoms with Gasteiger partial charge in [0.2, 0.25) is 0 Å². The van der Waals surface area contributed by atoms with Crippen molar-refractivity contribution in [2.75, 3.05) is 32.1 Å². The van der Waals surface area contributed by atoms with Crippen molar-refractivity contribution < 1.29 is 27.9 Å². The number of carbonyl (C=O) groups excluding carboxylic acids is 3. The molecule has 1 amide bonds. The number of anilines is 1. The van der Waals surface area contributed by atoms with Crippen molar-refractivity contribution in [2.24, 2.45) is 11.8 Å². The zero-order valence-corrected chi connectivity index (χ0v) is 25.0. The fourth-order valence-electron chi connectivity index (χ4n) is 5.49. The van der Waals surface area contributed by atoms with Gasteiger partial charge in [0.15, 0.2) is 16.9 Å². The van der Waals surface area contributed by atoms with E-state index in [1.807, 2.05) is 19.8 Å². The lowest BCUT2D eigenvalue weighted by Gasteiger charge is -2.39. The van der Waals surface area contributed by atoms with Gasteiger partial charge in [0.1, 0.15) is 17.3 Å². The topological polar surface area (TPSA) is 130 Å². The predicted octanol–water partition coefficient (Wildman–Crippen LogP) is 3.57. The second kappa shape index (κ2) is 13.6. The number of nitrogens with zero attached hydrogens (tertiary/aromatic N) is 4. The number of halogens is 2. The highest BCUT2D eigenvalue weighted by Gasteiger charge is 2.41. The summed E-state index contributed by atoms with van der Waals surface area (Å²) in [6, 6.07) is 0.187. The molecule has 11 nitrogen and oxygen atoms in total. The lowest BCUT2D eigenvalue weighted by atomic mass is 9.78. The number of ether oxygens (including phenoxy) is 1. The number of thiazole rings is 1. The monoisotopic (exact) mass is 605 g/mol. The molecule has 2 aromatic rings. The minimum Gasteiger partial charge on any atom is -0.382 e. The van der Waals surface area contributed by atoms with E-state index in [4.69, 9.17) is 4.74 Å². The SMILES string of the molecule is COCC(c1cnc(NC(=C=O)[C@@H](NC(=O)c2ccnn2C(C)C)[C@H]2CC[C@H](C)CC2)s1)N1CC(F)(F)CNC1=C=O. The van der Waals surface area contributed by atoms with Crippen LogP contribution in [0, 0.1) is 11.8 Å². The van der Waals surface area contributed by atoms with E-state index in [0.29, 0.717) is 21.6 Å². The maximum Gasteiger partial charge on any atom is 0.282 e. The highest BCUT2D eigenvalue weighted by molar-refractivity contribution is 7.15. The van der Waals surface area contributed by atoms with E-state index in [0.717, 1.165) is 37.0 Å². The highest BCUT2D eigenvalue weighted by Crippen LogP contribution is 2.36. The van der Waals surface area contributed by atoms with Crippen molar-refractivity contribution in [3.63, 3.8) is 0 Å². The normalized spacial score (nSPS) is 21.6. The Hall–Kier alpha value is -3.57. The molecule has 14 heteroatoms. The van der Waals surface area contributed by atoms with E-state index >= 15 is 0 Å². The Balaban J connectivity index is 1.58. The number of hydrogen-bond acceptors (Lipinski definition) is 10. The first kappa shape index (κ1) is 31.4. The molecule has 2 fully saturated rings. The molecular weight excluding hydrogens is 568 g/mol. The fraction of sp³-hybridized carbons (Fsp3) is 0.607. The van der Waals surface area contributed by atoms with Crippen molar-refractivity contribution in [3.8, 4) is 0 Å². The number of alkyl halides is 2. The molecule has 0 bridgehead atoms. The Labute approximate surface area is 247 Å². The molecule has 4 rings (SSSR count). The minimum absolute atomic E-state index is 0.00340.